The molecule has 1 aromatic carbocycles. The van der Waals surface area contributed by atoms with Gasteiger partial charge in [-0.05, 0) is 30.2 Å². The van der Waals surface area contributed by atoms with Gasteiger partial charge in [0.1, 0.15) is 0 Å². The first-order valence-corrected chi connectivity index (χ1v) is 22.0. The quantitative estimate of drug-likeness (QED) is 0.0312. The van der Waals surface area contributed by atoms with Crippen LogP contribution in [0, 0.1) is 0 Å². The minimum atomic E-state index is -0.376. The first-order valence-electron chi connectivity index (χ1n) is 22.0. The van der Waals surface area contributed by atoms with Gasteiger partial charge in [0.15, 0.2) is 11.5 Å². The molecule has 0 spiro atoms. The van der Waals surface area contributed by atoms with Crippen LogP contribution >= 0.6 is 0 Å². The summed E-state index contributed by atoms with van der Waals surface area (Å²) in [6, 6.07) is 4.43. The Bertz CT molecular complexity index is 894. The lowest BCUT2D eigenvalue weighted by Crippen LogP contribution is -2.02. The fraction of sp³-hybridized carbons (Fsp3) is 0.804. The van der Waals surface area contributed by atoms with Gasteiger partial charge in [-0.1, -0.05) is 231 Å². The van der Waals surface area contributed by atoms with Gasteiger partial charge < -0.3 is 14.9 Å². The Balaban J connectivity index is 1.67. The number of unbranched alkanes of at least 4 members (excludes halogenated alkanes) is 34. The van der Waals surface area contributed by atoms with Crippen LogP contribution in [0.25, 0.3) is 6.08 Å². The second kappa shape index (κ2) is 36.8. The van der Waals surface area contributed by atoms with Crippen molar-refractivity contribution in [3.63, 3.8) is 0 Å². The van der Waals surface area contributed by atoms with E-state index in [-0.39, 0.29) is 17.5 Å². The molecule has 0 unspecified atom stereocenters. The van der Waals surface area contributed by atoms with Gasteiger partial charge in [-0.25, -0.2) is 4.79 Å². The summed E-state index contributed by atoms with van der Waals surface area (Å²) in [6.07, 6.45) is 52.2. The normalized spacial score (nSPS) is 11.5. The van der Waals surface area contributed by atoms with Gasteiger partial charge in [0.2, 0.25) is 0 Å². The molecule has 0 aromatic heterocycles. The molecule has 290 valence electrons. The van der Waals surface area contributed by atoms with E-state index in [1.807, 2.05) is 0 Å². The van der Waals surface area contributed by atoms with Crippen LogP contribution in [0.5, 0.6) is 11.5 Å². The second-order valence-electron chi connectivity index (χ2n) is 15.3. The Labute approximate surface area is 310 Å². The van der Waals surface area contributed by atoms with Gasteiger partial charge in [0.05, 0.1) is 6.61 Å². The van der Waals surface area contributed by atoms with Crippen molar-refractivity contribution in [3.05, 3.63) is 29.8 Å². The average molecular weight is 699 g/mol. The molecule has 0 heterocycles. The van der Waals surface area contributed by atoms with E-state index in [4.69, 9.17) is 4.74 Å². The number of phenols is 2. The van der Waals surface area contributed by atoms with Crippen molar-refractivity contribution in [3.8, 4) is 11.5 Å². The smallest absolute Gasteiger partial charge is 0.330 e. The van der Waals surface area contributed by atoms with Gasteiger partial charge in [-0.15, -0.1) is 0 Å². The zero-order valence-electron chi connectivity index (χ0n) is 33.1. The van der Waals surface area contributed by atoms with E-state index < -0.39 is 0 Å². The Kier molecular flexibility index (Phi) is 33.9. The Hall–Kier alpha value is -1.97. The van der Waals surface area contributed by atoms with E-state index in [0.717, 1.165) is 12.8 Å². The van der Waals surface area contributed by atoms with E-state index in [9.17, 15) is 15.0 Å². The highest BCUT2D eigenvalue weighted by Crippen LogP contribution is 2.25. The maximum Gasteiger partial charge on any atom is 0.330 e. The van der Waals surface area contributed by atoms with Crippen molar-refractivity contribution in [2.24, 2.45) is 0 Å². The molecule has 0 fully saturated rings. The van der Waals surface area contributed by atoms with Crippen LogP contribution in [0.4, 0.5) is 0 Å². The first kappa shape index (κ1) is 46.1. The molecule has 0 saturated carbocycles. The fourth-order valence-corrected chi connectivity index (χ4v) is 7.04. The predicted octanol–water partition coefficient (Wildman–Crippen LogP) is 15.3. The van der Waals surface area contributed by atoms with Crippen molar-refractivity contribution in [2.75, 3.05) is 6.61 Å². The Morgan fingerprint density at radius 2 is 0.760 bits per heavy atom. The third-order valence-electron chi connectivity index (χ3n) is 10.4. The molecule has 0 bridgehead atoms. The highest BCUT2D eigenvalue weighted by atomic mass is 16.5. The predicted molar refractivity (Wildman–Crippen MR) is 217 cm³/mol. The summed E-state index contributed by atoms with van der Waals surface area (Å²) in [6.45, 7) is 2.75. The van der Waals surface area contributed by atoms with E-state index in [1.54, 1.807) is 12.1 Å². The van der Waals surface area contributed by atoms with Gasteiger partial charge in [-0.2, -0.15) is 0 Å². The van der Waals surface area contributed by atoms with Crippen LogP contribution in [0.2, 0.25) is 0 Å². The lowest BCUT2D eigenvalue weighted by atomic mass is 10.0. The summed E-state index contributed by atoms with van der Waals surface area (Å²) in [4.78, 5) is 11.8. The number of ether oxygens (including phenoxy) is 1. The SMILES string of the molecule is CCCCCCCCCCCCCCCCCCCCCCCCCCCCCCCCCCCCCOC(=O)C=Cc1ccc(O)c(O)c1. The molecule has 4 heteroatoms. The molecule has 0 amide bonds. The summed E-state index contributed by atoms with van der Waals surface area (Å²) in [7, 11) is 0. The second-order valence-corrected chi connectivity index (χ2v) is 15.3. The molecule has 1 rings (SSSR count). The molecule has 0 saturated heterocycles. The zero-order valence-corrected chi connectivity index (χ0v) is 33.1. The van der Waals surface area contributed by atoms with Crippen LogP contribution < -0.4 is 0 Å². The average Bonchev–Trinajstić information content (AvgIpc) is 3.12. The van der Waals surface area contributed by atoms with Gasteiger partial charge in [0.25, 0.3) is 0 Å². The summed E-state index contributed by atoms with van der Waals surface area (Å²) in [5.74, 6) is -0.752. The number of carbonyl (C=O) groups excluding carboxylic acids is 1. The molecule has 1 aromatic rings. The topological polar surface area (TPSA) is 66.8 Å². The zero-order chi connectivity index (χ0) is 36.0. The third-order valence-corrected chi connectivity index (χ3v) is 10.4. The number of esters is 1. The molecule has 50 heavy (non-hydrogen) atoms. The number of benzene rings is 1. The molecule has 0 atom stereocenters. The summed E-state index contributed by atoms with van der Waals surface area (Å²) in [5.41, 5.74) is 0.638. The number of rotatable bonds is 38. The number of carbonyl (C=O) groups is 1. The van der Waals surface area contributed by atoms with Gasteiger partial charge in [0, 0.05) is 6.08 Å². The van der Waals surface area contributed by atoms with E-state index in [2.05, 4.69) is 6.92 Å². The molecule has 0 aliphatic rings. The lowest BCUT2D eigenvalue weighted by Gasteiger charge is -2.05. The number of hydrogen-bond donors (Lipinski definition) is 2. The molecule has 0 aliphatic heterocycles. The lowest BCUT2D eigenvalue weighted by molar-refractivity contribution is -0.137. The molecule has 4 nitrogen and oxygen atoms in total. The summed E-state index contributed by atoms with van der Waals surface area (Å²) < 4.78 is 5.25. The minimum Gasteiger partial charge on any atom is -0.504 e. The summed E-state index contributed by atoms with van der Waals surface area (Å²) in [5, 5.41) is 18.8. The summed E-state index contributed by atoms with van der Waals surface area (Å²) >= 11 is 0. The van der Waals surface area contributed by atoms with Crippen molar-refractivity contribution in [1.82, 2.24) is 0 Å². The Morgan fingerprint density at radius 1 is 0.460 bits per heavy atom. The first-order chi connectivity index (χ1) is 24.6. The van der Waals surface area contributed by atoms with Gasteiger partial charge >= 0.3 is 5.97 Å². The number of phenolic OH excluding ortho intramolecular Hbond substituents is 2. The van der Waals surface area contributed by atoms with Gasteiger partial charge in [-0.3, -0.25) is 0 Å². The van der Waals surface area contributed by atoms with Crippen LogP contribution in [0.3, 0.4) is 0 Å². The maximum absolute atomic E-state index is 11.8. The monoisotopic (exact) mass is 699 g/mol. The third kappa shape index (κ3) is 32.0. The van der Waals surface area contributed by atoms with Crippen LogP contribution in [-0.4, -0.2) is 22.8 Å². The molecule has 0 aliphatic carbocycles. The van der Waals surface area contributed by atoms with E-state index >= 15 is 0 Å². The van der Waals surface area contributed by atoms with Crippen molar-refractivity contribution in [1.29, 1.82) is 0 Å². The largest absolute Gasteiger partial charge is 0.504 e. The fourth-order valence-electron chi connectivity index (χ4n) is 7.04. The molecular formula is C46H82O4. The van der Waals surface area contributed by atoms with Crippen molar-refractivity contribution in [2.45, 2.75) is 232 Å². The van der Waals surface area contributed by atoms with Crippen molar-refractivity contribution >= 4 is 12.0 Å². The highest BCUT2D eigenvalue weighted by Gasteiger charge is 2.01. The number of hydrogen-bond acceptors (Lipinski definition) is 4. The molecular weight excluding hydrogens is 617 g/mol. The van der Waals surface area contributed by atoms with Crippen LogP contribution in [0.15, 0.2) is 24.3 Å². The Morgan fingerprint density at radius 3 is 1.06 bits per heavy atom. The number of aromatic hydroxyl groups is 2. The molecule has 2 N–H and O–H groups in total. The standard InChI is InChI=1S/C46H82O4/c1-2-3-4-5-6-7-8-9-10-11-12-13-14-15-16-17-18-19-20-21-22-23-24-25-26-27-28-29-30-31-32-33-34-35-36-41-50-46(49)40-38-43-37-39-44(47)45(48)42-43/h37-40,42,47-48H,2-36,41H2,1H3. The van der Waals surface area contributed by atoms with Crippen LogP contribution in [-0.2, 0) is 9.53 Å². The van der Waals surface area contributed by atoms with Crippen LogP contribution in [0.1, 0.15) is 237 Å². The van der Waals surface area contributed by atoms with E-state index in [0.29, 0.717) is 12.2 Å². The minimum absolute atomic E-state index is 0.174. The molecule has 0 radical (unpaired) electrons. The maximum atomic E-state index is 11.8. The van der Waals surface area contributed by atoms with E-state index in [1.165, 1.54) is 230 Å². The van der Waals surface area contributed by atoms with Crippen molar-refractivity contribution < 1.29 is 19.7 Å². The highest BCUT2D eigenvalue weighted by molar-refractivity contribution is 5.87.